The summed E-state index contributed by atoms with van der Waals surface area (Å²) in [5.74, 6) is -0.353. The van der Waals surface area contributed by atoms with Gasteiger partial charge >= 0.3 is 0 Å². The first-order valence-electron chi connectivity index (χ1n) is 5.70. The van der Waals surface area contributed by atoms with Crippen molar-refractivity contribution < 1.29 is 9.50 Å². The minimum Gasteiger partial charge on any atom is -0.382 e. The Hall–Kier alpha value is -1.20. The summed E-state index contributed by atoms with van der Waals surface area (Å²) in [5.41, 5.74) is 2.05. The molecule has 1 aromatic carbocycles. The topological polar surface area (TPSA) is 38.0 Å². The fraction of sp³-hybridized carbons (Fsp3) is 0.308. The summed E-state index contributed by atoms with van der Waals surface area (Å²) in [6, 6.07) is 4.41. The van der Waals surface area contributed by atoms with Crippen LogP contribution < -0.4 is 0 Å². The Morgan fingerprint density at radius 3 is 2.89 bits per heavy atom. The number of aliphatic hydroxyl groups is 1. The predicted molar refractivity (Wildman–Crippen MR) is 70.8 cm³/mol. The molecule has 2 rings (SSSR count). The second-order valence-corrected chi connectivity index (χ2v) is 4.95. The second-order valence-electron chi connectivity index (χ2n) is 4.10. The SMILES string of the molecule is CCn1ncc(Br)c1C(O)c1cc(F)ccc1C. The average Bonchev–Trinajstić information content (AvgIpc) is 2.72. The lowest BCUT2D eigenvalue weighted by Gasteiger charge is -2.16. The van der Waals surface area contributed by atoms with Crippen molar-refractivity contribution >= 4 is 15.9 Å². The molecule has 0 fully saturated rings. The Balaban J connectivity index is 2.50. The van der Waals surface area contributed by atoms with Gasteiger partial charge in [-0.15, -0.1) is 0 Å². The molecule has 0 aliphatic heterocycles. The van der Waals surface area contributed by atoms with Crippen LogP contribution in [-0.4, -0.2) is 14.9 Å². The van der Waals surface area contributed by atoms with Crippen molar-refractivity contribution in [3.05, 3.63) is 51.5 Å². The highest BCUT2D eigenvalue weighted by Crippen LogP contribution is 2.30. The first kappa shape index (κ1) is 13.2. The zero-order valence-corrected chi connectivity index (χ0v) is 11.8. The van der Waals surface area contributed by atoms with E-state index >= 15 is 0 Å². The standard InChI is InChI=1S/C13H14BrFN2O/c1-3-17-12(11(14)7-16-17)13(18)10-6-9(15)5-4-8(10)2/h4-7,13,18H,3H2,1-2H3. The molecular weight excluding hydrogens is 299 g/mol. The Morgan fingerprint density at radius 2 is 2.22 bits per heavy atom. The normalized spacial score (nSPS) is 12.7. The Labute approximate surface area is 113 Å². The molecule has 2 aromatic rings. The third kappa shape index (κ3) is 2.33. The van der Waals surface area contributed by atoms with Crippen LogP contribution in [0.5, 0.6) is 0 Å². The van der Waals surface area contributed by atoms with Crippen LogP contribution in [0.15, 0.2) is 28.9 Å². The van der Waals surface area contributed by atoms with Gasteiger partial charge in [0.1, 0.15) is 11.9 Å². The largest absolute Gasteiger partial charge is 0.382 e. The van der Waals surface area contributed by atoms with Gasteiger partial charge in [-0.2, -0.15) is 5.10 Å². The van der Waals surface area contributed by atoms with Gasteiger partial charge in [-0.3, -0.25) is 4.68 Å². The maximum absolute atomic E-state index is 13.3. The number of rotatable bonds is 3. The molecule has 3 nitrogen and oxygen atoms in total. The molecule has 0 spiro atoms. The molecule has 0 radical (unpaired) electrons. The molecule has 0 saturated carbocycles. The van der Waals surface area contributed by atoms with Crippen molar-refractivity contribution in [2.75, 3.05) is 0 Å². The Morgan fingerprint density at radius 1 is 1.50 bits per heavy atom. The van der Waals surface area contributed by atoms with E-state index < -0.39 is 6.10 Å². The molecule has 1 unspecified atom stereocenters. The van der Waals surface area contributed by atoms with Crippen LogP contribution in [0.1, 0.15) is 29.8 Å². The quantitative estimate of drug-likeness (QED) is 0.945. The van der Waals surface area contributed by atoms with Gasteiger partial charge in [-0.1, -0.05) is 6.07 Å². The number of hydrogen-bond donors (Lipinski definition) is 1. The molecule has 0 aliphatic carbocycles. The number of halogens is 2. The third-order valence-electron chi connectivity index (χ3n) is 2.93. The lowest BCUT2D eigenvalue weighted by molar-refractivity contribution is 0.206. The van der Waals surface area contributed by atoms with Crippen LogP contribution in [0.25, 0.3) is 0 Å². The van der Waals surface area contributed by atoms with E-state index in [0.29, 0.717) is 17.8 Å². The number of aliphatic hydroxyl groups excluding tert-OH is 1. The molecule has 0 aliphatic rings. The second kappa shape index (κ2) is 5.20. The van der Waals surface area contributed by atoms with Gasteiger partial charge < -0.3 is 5.11 Å². The first-order chi connectivity index (χ1) is 8.54. The third-order valence-corrected chi connectivity index (χ3v) is 3.54. The summed E-state index contributed by atoms with van der Waals surface area (Å²) >= 11 is 3.36. The predicted octanol–water partition coefficient (Wildman–Crippen LogP) is 3.19. The molecule has 1 heterocycles. The number of aryl methyl sites for hydroxylation is 2. The van der Waals surface area contributed by atoms with E-state index in [1.807, 2.05) is 13.8 Å². The van der Waals surface area contributed by atoms with Crippen LogP contribution in [0.4, 0.5) is 4.39 Å². The van der Waals surface area contributed by atoms with Crippen molar-refractivity contribution in [1.29, 1.82) is 0 Å². The number of benzene rings is 1. The monoisotopic (exact) mass is 312 g/mol. The van der Waals surface area contributed by atoms with Crippen LogP contribution in [-0.2, 0) is 6.54 Å². The Bertz CT molecular complexity index is 568. The van der Waals surface area contributed by atoms with Crippen molar-refractivity contribution in [3.8, 4) is 0 Å². The van der Waals surface area contributed by atoms with Gasteiger partial charge in [0.25, 0.3) is 0 Å². The van der Waals surface area contributed by atoms with Crippen molar-refractivity contribution in [3.63, 3.8) is 0 Å². The van der Waals surface area contributed by atoms with Crippen molar-refractivity contribution in [1.82, 2.24) is 9.78 Å². The zero-order valence-electron chi connectivity index (χ0n) is 10.2. The lowest BCUT2D eigenvalue weighted by atomic mass is 10.0. The van der Waals surface area contributed by atoms with Crippen LogP contribution in [0.3, 0.4) is 0 Å². The van der Waals surface area contributed by atoms with Crippen LogP contribution >= 0.6 is 15.9 Å². The first-order valence-corrected chi connectivity index (χ1v) is 6.49. The molecule has 5 heteroatoms. The highest BCUT2D eigenvalue weighted by molar-refractivity contribution is 9.10. The minimum absolute atomic E-state index is 0.353. The number of aromatic nitrogens is 2. The maximum atomic E-state index is 13.3. The van der Waals surface area contributed by atoms with Gasteiger partial charge in [-0.05, 0) is 53.0 Å². The minimum atomic E-state index is -0.891. The molecule has 1 N–H and O–H groups in total. The van der Waals surface area contributed by atoms with E-state index in [1.54, 1.807) is 16.9 Å². The van der Waals surface area contributed by atoms with Crippen molar-refractivity contribution in [2.24, 2.45) is 0 Å². The van der Waals surface area contributed by atoms with E-state index in [2.05, 4.69) is 21.0 Å². The molecule has 0 amide bonds. The van der Waals surface area contributed by atoms with Crippen molar-refractivity contribution in [2.45, 2.75) is 26.5 Å². The summed E-state index contributed by atoms with van der Waals surface area (Å²) in [6.07, 6.45) is 0.744. The molecule has 1 aromatic heterocycles. The summed E-state index contributed by atoms with van der Waals surface area (Å²) < 4.78 is 15.7. The number of hydrogen-bond acceptors (Lipinski definition) is 2. The molecule has 1 atom stereocenters. The molecular formula is C13H14BrFN2O. The van der Waals surface area contributed by atoms with E-state index in [1.165, 1.54) is 12.1 Å². The van der Waals surface area contributed by atoms with E-state index in [9.17, 15) is 9.50 Å². The summed E-state index contributed by atoms with van der Waals surface area (Å²) in [7, 11) is 0. The summed E-state index contributed by atoms with van der Waals surface area (Å²) in [5, 5.41) is 14.6. The van der Waals surface area contributed by atoms with Gasteiger partial charge in [0.2, 0.25) is 0 Å². The molecule has 0 saturated heterocycles. The van der Waals surface area contributed by atoms with E-state index in [0.717, 1.165) is 10.0 Å². The molecule has 0 bridgehead atoms. The zero-order chi connectivity index (χ0) is 13.3. The maximum Gasteiger partial charge on any atom is 0.123 e. The van der Waals surface area contributed by atoms with Gasteiger partial charge in [-0.25, -0.2) is 4.39 Å². The molecule has 18 heavy (non-hydrogen) atoms. The lowest BCUT2D eigenvalue weighted by Crippen LogP contribution is -2.11. The van der Waals surface area contributed by atoms with Crippen LogP contribution in [0.2, 0.25) is 0 Å². The summed E-state index contributed by atoms with van der Waals surface area (Å²) in [4.78, 5) is 0. The van der Waals surface area contributed by atoms with Gasteiger partial charge in [0, 0.05) is 6.54 Å². The fourth-order valence-electron chi connectivity index (χ4n) is 1.95. The Kier molecular flexibility index (Phi) is 3.82. The smallest absolute Gasteiger partial charge is 0.123 e. The highest BCUT2D eigenvalue weighted by Gasteiger charge is 2.20. The van der Waals surface area contributed by atoms with Gasteiger partial charge in [0.15, 0.2) is 0 Å². The fourth-order valence-corrected chi connectivity index (χ4v) is 2.46. The van der Waals surface area contributed by atoms with E-state index in [-0.39, 0.29) is 5.82 Å². The van der Waals surface area contributed by atoms with E-state index in [4.69, 9.17) is 0 Å². The average molecular weight is 313 g/mol. The van der Waals surface area contributed by atoms with Crippen LogP contribution in [0, 0.1) is 12.7 Å². The molecule has 96 valence electrons. The highest BCUT2D eigenvalue weighted by atomic mass is 79.9. The number of nitrogens with zero attached hydrogens (tertiary/aromatic N) is 2. The summed E-state index contributed by atoms with van der Waals surface area (Å²) in [6.45, 7) is 4.43. The van der Waals surface area contributed by atoms with Gasteiger partial charge in [0.05, 0.1) is 16.4 Å².